The number of anilines is 1. The van der Waals surface area contributed by atoms with Crippen LogP contribution in [0.25, 0.3) is 0 Å². The Kier molecular flexibility index (Phi) is 3.03. The minimum atomic E-state index is 0.376. The molecule has 0 atom stereocenters. The van der Waals surface area contributed by atoms with Crippen LogP contribution in [0.3, 0.4) is 0 Å². The molecule has 2 heterocycles. The Morgan fingerprint density at radius 1 is 1.10 bits per heavy atom. The summed E-state index contributed by atoms with van der Waals surface area (Å²) in [5.41, 5.74) is 1.37. The Labute approximate surface area is 123 Å². The zero-order chi connectivity index (χ0) is 13.4. The largest absolute Gasteiger partial charge is 0.474 e. The Morgan fingerprint density at radius 3 is 2.80 bits per heavy atom. The van der Waals surface area contributed by atoms with E-state index in [2.05, 4.69) is 33.6 Å². The van der Waals surface area contributed by atoms with Gasteiger partial charge in [0.05, 0.1) is 6.54 Å². The Hall–Kier alpha value is -1.68. The molecule has 0 saturated heterocycles. The van der Waals surface area contributed by atoms with Crippen molar-refractivity contribution in [1.82, 2.24) is 4.98 Å². The van der Waals surface area contributed by atoms with Gasteiger partial charge in [-0.05, 0) is 48.9 Å². The minimum absolute atomic E-state index is 0.376. The van der Waals surface area contributed by atoms with Crippen LogP contribution in [0.2, 0.25) is 0 Å². The van der Waals surface area contributed by atoms with Gasteiger partial charge in [-0.2, -0.15) is 4.98 Å². The van der Waals surface area contributed by atoms with Crippen molar-refractivity contribution >= 4 is 17.8 Å². The molecule has 1 aliphatic heterocycles. The SMILES string of the molecule is c1cc(OC2CCC2)nc(N2Cc3ccccc3S2)c1. The van der Waals surface area contributed by atoms with Gasteiger partial charge in [0.1, 0.15) is 11.9 Å². The van der Waals surface area contributed by atoms with Gasteiger partial charge in [0.15, 0.2) is 0 Å². The number of ether oxygens (including phenoxy) is 1. The summed E-state index contributed by atoms with van der Waals surface area (Å²) in [6.07, 6.45) is 3.98. The zero-order valence-electron chi connectivity index (χ0n) is 11.2. The second kappa shape index (κ2) is 5.02. The molecule has 0 spiro atoms. The van der Waals surface area contributed by atoms with Gasteiger partial charge < -0.3 is 4.74 Å². The van der Waals surface area contributed by atoms with Gasteiger partial charge in [0, 0.05) is 11.0 Å². The smallest absolute Gasteiger partial charge is 0.215 e. The van der Waals surface area contributed by atoms with Gasteiger partial charge in [0.2, 0.25) is 5.88 Å². The zero-order valence-corrected chi connectivity index (χ0v) is 12.0. The number of hydrogen-bond acceptors (Lipinski definition) is 4. The fraction of sp³-hybridized carbons (Fsp3) is 0.312. The molecule has 1 aliphatic carbocycles. The predicted octanol–water partition coefficient (Wildman–Crippen LogP) is 4.04. The molecule has 0 amide bonds. The van der Waals surface area contributed by atoms with E-state index in [9.17, 15) is 0 Å². The van der Waals surface area contributed by atoms with Gasteiger partial charge in [-0.1, -0.05) is 24.3 Å². The van der Waals surface area contributed by atoms with Crippen LogP contribution in [-0.2, 0) is 6.54 Å². The van der Waals surface area contributed by atoms with E-state index < -0.39 is 0 Å². The normalized spacial score (nSPS) is 17.7. The van der Waals surface area contributed by atoms with E-state index in [-0.39, 0.29) is 0 Å². The molecule has 102 valence electrons. The second-order valence-electron chi connectivity index (χ2n) is 5.24. The van der Waals surface area contributed by atoms with E-state index in [1.165, 1.54) is 16.9 Å². The van der Waals surface area contributed by atoms with Crippen molar-refractivity contribution < 1.29 is 4.74 Å². The molecule has 2 aliphatic rings. The summed E-state index contributed by atoms with van der Waals surface area (Å²) < 4.78 is 8.10. The van der Waals surface area contributed by atoms with Crippen LogP contribution < -0.4 is 9.04 Å². The first-order valence-corrected chi connectivity index (χ1v) is 7.83. The van der Waals surface area contributed by atoms with E-state index in [0.29, 0.717) is 6.10 Å². The van der Waals surface area contributed by atoms with Crippen molar-refractivity contribution in [2.45, 2.75) is 36.8 Å². The van der Waals surface area contributed by atoms with Crippen LogP contribution in [0.1, 0.15) is 24.8 Å². The molecule has 3 nitrogen and oxygen atoms in total. The first kappa shape index (κ1) is 12.1. The lowest BCUT2D eigenvalue weighted by Crippen LogP contribution is -2.25. The van der Waals surface area contributed by atoms with Gasteiger partial charge >= 0.3 is 0 Å². The van der Waals surface area contributed by atoms with E-state index >= 15 is 0 Å². The minimum Gasteiger partial charge on any atom is -0.474 e. The van der Waals surface area contributed by atoms with Crippen molar-refractivity contribution in [2.75, 3.05) is 4.31 Å². The monoisotopic (exact) mass is 284 g/mol. The molecular formula is C16H16N2OS. The fourth-order valence-electron chi connectivity index (χ4n) is 2.42. The molecule has 4 rings (SSSR count). The van der Waals surface area contributed by atoms with Gasteiger partial charge in [-0.3, -0.25) is 4.31 Å². The van der Waals surface area contributed by atoms with E-state index in [1.807, 2.05) is 18.2 Å². The van der Waals surface area contributed by atoms with Gasteiger partial charge in [-0.15, -0.1) is 0 Å². The van der Waals surface area contributed by atoms with Crippen LogP contribution in [0.5, 0.6) is 5.88 Å². The van der Waals surface area contributed by atoms with Crippen molar-refractivity contribution in [3.05, 3.63) is 48.0 Å². The molecular weight excluding hydrogens is 268 g/mol. The summed E-state index contributed by atoms with van der Waals surface area (Å²) in [6, 6.07) is 14.5. The number of rotatable bonds is 3. The van der Waals surface area contributed by atoms with Crippen molar-refractivity contribution in [1.29, 1.82) is 0 Å². The Balaban J connectivity index is 1.53. The molecule has 20 heavy (non-hydrogen) atoms. The maximum Gasteiger partial charge on any atom is 0.215 e. The average Bonchev–Trinajstić information content (AvgIpc) is 2.87. The van der Waals surface area contributed by atoms with Crippen molar-refractivity contribution in [3.63, 3.8) is 0 Å². The predicted molar refractivity (Wildman–Crippen MR) is 81.0 cm³/mol. The summed E-state index contributed by atoms with van der Waals surface area (Å²) in [5, 5.41) is 0. The van der Waals surface area contributed by atoms with Crippen molar-refractivity contribution in [3.8, 4) is 5.88 Å². The number of benzene rings is 1. The third-order valence-electron chi connectivity index (χ3n) is 3.80. The quantitative estimate of drug-likeness (QED) is 0.794. The molecule has 0 N–H and O–H groups in total. The standard InChI is InChI=1S/C16H16N2OS/c1-2-8-14-12(5-1)11-18(20-14)15-9-4-10-16(17-15)19-13-6-3-7-13/h1-2,4-5,8-10,13H,3,6-7,11H2. The van der Waals surface area contributed by atoms with Crippen LogP contribution in [0, 0.1) is 0 Å². The van der Waals surface area contributed by atoms with Gasteiger partial charge in [0.25, 0.3) is 0 Å². The highest BCUT2D eigenvalue weighted by molar-refractivity contribution is 8.01. The van der Waals surface area contributed by atoms with Crippen LogP contribution >= 0.6 is 11.9 Å². The molecule has 0 unspecified atom stereocenters. The average molecular weight is 284 g/mol. The molecule has 1 aromatic heterocycles. The first-order valence-electron chi connectivity index (χ1n) is 7.05. The number of nitrogens with zero attached hydrogens (tertiary/aromatic N) is 2. The Morgan fingerprint density at radius 2 is 2.00 bits per heavy atom. The number of pyridine rings is 1. The molecule has 4 heteroatoms. The molecule has 0 radical (unpaired) electrons. The van der Waals surface area contributed by atoms with E-state index in [4.69, 9.17) is 4.74 Å². The van der Waals surface area contributed by atoms with E-state index in [1.54, 1.807) is 11.9 Å². The molecule has 1 saturated carbocycles. The highest BCUT2D eigenvalue weighted by Gasteiger charge is 2.23. The lowest BCUT2D eigenvalue weighted by molar-refractivity contribution is 0.115. The molecule has 1 aromatic carbocycles. The highest BCUT2D eigenvalue weighted by atomic mass is 32.2. The molecule has 2 aromatic rings. The Bertz CT molecular complexity index is 602. The van der Waals surface area contributed by atoms with Crippen LogP contribution in [-0.4, -0.2) is 11.1 Å². The second-order valence-corrected chi connectivity index (χ2v) is 6.30. The third kappa shape index (κ3) is 2.24. The number of aromatic nitrogens is 1. The lowest BCUT2D eigenvalue weighted by atomic mass is 9.96. The van der Waals surface area contributed by atoms with Crippen LogP contribution in [0.4, 0.5) is 5.82 Å². The van der Waals surface area contributed by atoms with E-state index in [0.717, 1.165) is 31.1 Å². The molecule has 1 fully saturated rings. The maximum atomic E-state index is 5.88. The third-order valence-corrected chi connectivity index (χ3v) is 4.93. The summed E-state index contributed by atoms with van der Waals surface area (Å²) >= 11 is 1.75. The highest BCUT2D eigenvalue weighted by Crippen LogP contribution is 2.39. The van der Waals surface area contributed by atoms with Crippen molar-refractivity contribution in [2.24, 2.45) is 0 Å². The molecule has 0 bridgehead atoms. The summed E-state index contributed by atoms with van der Waals surface area (Å²) in [5.74, 6) is 1.73. The first-order chi connectivity index (χ1) is 9.88. The summed E-state index contributed by atoms with van der Waals surface area (Å²) in [7, 11) is 0. The number of hydrogen-bond donors (Lipinski definition) is 0. The van der Waals surface area contributed by atoms with Gasteiger partial charge in [-0.25, -0.2) is 0 Å². The fourth-order valence-corrected chi connectivity index (χ4v) is 3.45. The number of fused-ring (bicyclic) bond motifs is 1. The maximum absolute atomic E-state index is 5.88. The summed E-state index contributed by atoms with van der Waals surface area (Å²) in [6.45, 7) is 0.903. The van der Waals surface area contributed by atoms with Crippen LogP contribution in [0.15, 0.2) is 47.4 Å². The lowest BCUT2D eigenvalue weighted by Gasteiger charge is -2.26. The topological polar surface area (TPSA) is 25.4 Å². The summed E-state index contributed by atoms with van der Waals surface area (Å²) in [4.78, 5) is 5.96.